The van der Waals surface area contributed by atoms with Gasteiger partial charge in [0, 0.05) is 67.0 Å². The standard InChI is InChI=1S/C70H46BN3O3/c1-43-17-15-18-44(2)70(43)74-61-27-16-28-63-69(61)71(59-41-66-57(39-62(59)74)55-35-45-29-31-53(33-47(45)37-64(55)76-66)72(49-19-7-3-8-20-49)50-21-9-4-10-22-50)60-42-67-58(40-68(60)75-63)56-36-46-30-32-54(34-48(46)38-65(56)77-67)73(51-23-11-5-12-24-51)52-25-13-6-14-26-52/h3-42H,1-2H3. The molecule has 7 heteroatoms. The zero-order chi connectivity index (χ0) is 50.9. The number of aryl methyl sites for hydroxylation is 2. The number of para-hydroxylation sites is 5. The number of hydrogen-bond acceptors (Lipinski definition) is 6. The Bertz CT molecular complexity index is 4610. The van der Waals surface area contributed by atoms with Gasteiger partial charge in [0.05, 0.1) is 5.69 Å². The topological polar surface area (TPSA) is 45.2 Å². The molecule has 6 nitrogen and oxygen atoms in total. The van der Waals surface area contributed by atoms with E-state index in [1.165, 1.54) is 11.1 Å². The van der Waals surface area contributed by atoms with Crippen LogP contribution in [-0.4, -0.2) is 6.71 Å². The van der Waals surface area contributed by atoms with Gasteiger partial charge in [0.2, 0.25) is 0 Å². The van der Waals surface area contributed by atoms with Gasteiger partial charge < -0.3 is 28.3 Å². The van der Waals surface area contributed by atoms with Gasteiger partial charge in [-0.1, -0.05) is 109 Å². The Morgan fingerprint density at radius 2 is 0.792 bits per heavy atom. The quantitative estimate of drug-likeness (QED) is 0.148. The van der Waals surface area contributed by atoms with Crippen LogP contribution >= 0.6 is 0 Å². The minimum Gasteiger partial charge on any atom is -0.458 e. The first-order valence-electron chi connectivity index (χ1n) is 26.3. The van der Waals surface area contributed by atoms with E-state index in [1.54, 1.807) is 0 Å². The molecule has 77 heavy (non-hydrogen) atoms. The lowest BCUT2D eigenvalue weighted by atomic mass is 9.34. The maximum atomic E-state index is 7.09. The number of hydrogen-bond donors (Lipinski definition) is 0. The molecule has 4 heterocycles. The van der Waals surface area contributed by atoms with Crippen molar-refractivity contribution >= 4 is 140 Å². The van der Waals surface area contributed by atoms with Gasteiger partial charge in [0.25, 0.3) is 6.71 Å². The van der Waals surface area contributed by atoms with Crippen molar-refractivity contribution in [3.63, 3.8) is 0 Å². The van der Waals surface area contributed by atoms with Crippen molar-refractivity contribution in [2.45, 2.75) is 13.8 Å². The van der Waals surface area contributed by atoms with Crippen LogP contribution in [0.5, 0.6) is 11.5 Å². The lowest BCUT2D eigenvalue weighted by molar-refractivity contribution is 0.488. The van der Waals surface area contributed by atoms with E-state index in [9.17, 15) is 0 Å². The summed E-state index contributed by atoms with van der Waals surface area (Å²) in [5, 5.41) is 8.71. The first kappa shape index (κ1) is 43.4. The molecule has 2 aliphatic heterocycles. The van der Waals surface area contributed by atoms with E-state index in [0.29, 0.717) is 0 Å². The number of nitrogens with zero attached hydrogens (tertiary/aromatic N) is 3. The second-order valence-electron chi connectivity index (χ2n) is 20.6. The van der Waals surface area contributed by atoms with Gasteiger partial charge in [-0.3, -0.25) is 0 Å². The van der Waals surface area contributed by atoms with E-state index >= 15 is 0 Å². The zero-order valence-corrected chi connectivity index (χ0v) is 42.2. The third-order valence-corrected chi connectivity index (χ3v) is 16.0. The molecule has 16 rings (SSSR count). The number of anilines is 9. The van der Waals surface area contributed by atoms with Crippen LogP contribution < -0.4 is 35.8 Å². The van der Waals surface area contributed by atoms with Gasteiger partial charge in [-0.25, -0.2) is 0 Å². The number of rotatable bonds is 7. The van der Waals surface area contributed by atoms with Crippen LogP contribution in [0.1, 0.15) is 11.1 Å². The van der Waals surface area contributed by atoms with E-state index in [4.69, 9.17) is 13.6 Å². The van der Waals surface area contributed by atoms with Crippen molar-refractivity contribution < 1.29 is 13.6 Å². The number of benzene rings is 12. The first-order valence-corrected chi connectivity index (χ1v) is 26.3. The van der Waals surface area contributed by atoms with Crippen molar-refractivity contribution in [1.82, 2.24) is 0 Å². The molecular weight excluding hydrogens is 942 g/mol. The highest BCUT2D eigenvalue weighted by Crippen LogP contribution is 2.47. The van der Waals surface area contributed by atoms with Gasteiger partial charge in [-0.05, 0) is 196 Å². The smallest absolute Gasteiger partial charge is 0.256 e. The molecule has 14 aromatic rings. The van der Waals surface area contributed by atoms with Gasteiger partial charge in [-0.2, -0.15) is 0 Å². The summed E-state index contributed by atoms with van der Waals surface area (Å²) in [6, 6.07) is 86.8. The summed E-state index contributed by atoms with van der Waals surface area (Å²) < 4.78 is 21.1. The molecule has 0 fully saturated rings. The van der Waals surface area contributed by atoms with Gasteiger partial charge >= 0.3 is 0 Å². The molecule has 0 unspecified atom stereocenters. The molecule has 0 amide bonds. The Labute approximate surface area is 444 Å². The summed E-state index contributed by atoms with van der Waals surface area (Å²) in [5.74, 6) is 1.67. The van der Waals surface area contributed by atoms with Crippen LogP contribution in [0.25, 0.3) is 65.4 Å². The Kier molecular flexibility index (Phi) is 9.46. The van der Waals surface area contributed by atoms with E-state index in [2.05, 4.69) is 271 Å². The molecule has 0 saturated carbocycles. The van der Waals surface area contributed by atoms with Crippen molar-refractivity contribution in [3.05, 3.63) is 254 Å². The predicted octanol–water partition coefficient (Wildman–Crippen LogP) is 17.8. The molecule has 0 aliphatic carbocycles. The van der Waals surface area contributed by atoms with Crippen molar-refractivity contribution in [2.75, 3.05) is 14.7 Å². The van der Waals surface area contributed by atoms with Crippen LogP contribution in [0.2, 0.25) is 0 Å². The second-order valence-corrected chi connectivity index (χ2v) is 20.6. The monoisotopic (exact) mass is 987 g/mol. The average Bonchev–Trinajstić information content (AvgIpc) is 4.17. The average molecular weight is 988 g/mol. The highest BCUT2D eigenvalue weighted by atomic mass is 16.5. The molecule has 12 aromatic carbocycles. The zero-order valence-electron chi connectivity index (χ0n) is 42.2. The molecule has 362 valence electrons. The summed E-state index contributed by atoms with van der Waals surface area (Å²) >= 11 is 0. The van der Waals surface area contributed by atoms with Crippen LogP contribution in [-0.2, 0) is 0 Å². The second kappa shape index (κ2) is 16.8. The van der Waals surface area contributed by atoms with Crippen LogP contribution in [0, 0.1) is 13.8 Å². The molecule has 0 bridgehead atoms. The summed E-state index contributed by atoms with van der Waals surface area (Å²) in [4.78, 5) is 7.07. The van der Waals surface area contributed by atoms with Gasteiger partial charge in [-0.15, -0.1) is 0 Å². The molecular formula is C70H46BN3O3. The fourth-order valence-corrected chi connectivity index (χ4v) is 12.6. The molecule has 0 spiro atoms. The van der Waals surface area contributed by atoms with Crippen molar-refractivity contribution in [2.24, 2.45) is 0 Å². The molecule has 2 aromatic heterocycles. The van der Waals surface area contributed by atoms with Crippen LogP contribution in [0.4, 0.5) is 51.2 Å². The number of furan rings is 2. The highest BCUT2D eigenvalue weighted by molar-refractivity contribution is 6.99. The fourth-order valence-electron chi connectivity index (χ4n) is 12.6. The third-order valence-electron chi connectivity index (χ3n) is 16.0. The Balaban J connectivity index is 0.866. The van der Waals surface area contributed by atoms with Crippen molar-refractivity contribution in [3.8, 4) is 11.5 Å². The maximum absolute atomic E-state index is 7.09. The SMILES string of the molecule is Cc1cccc(C)c1N1c2cc3c(cc2B2c4cc5oc6cc7cc(N(c8ccccc8)c8ccccc8)ccc7cc6c5cc4Oc4cccc1c42)oc1cc2cc(N(c4ccccc4)c4ccccc4)ccc2cc13. The molecule has 0 N–H and O–H groups in total. The minimum absolute atomic E-state index is 0.178. The Hall–Kier alpha value is -9.98. The molecule has 2 aliphatic rings. The van der Waals surface area contributed by atoms with Gasteiger partial charge in [0.15, 0.2) is 0 Å². The largest absolute Gasteiger partial charge is 0.458 e. The van der Waals surface area contributed by atoms with E-state index in [0.717, 1.165) is 144 Å². The minimum atomic E-state index is -0.178. The normalized spacial score (nSPS) is 12.6. The van der Waals surface area contributed by atoms with E-state index in [1.807, 2.05) is 0 Å². The Morgan fingerprint density at radius 1 is 0.338 bits per heavy atom. The summed E-state index contributed by atoms with van der Waals surface area (Å²) in [7, 11) is 0. The van der Waals surface area contributed by atoms with Crippen molar-refractivity contribution in [1.29, 1.82) is 0 Å². The highest BCUT2D eigenvalue weighted by Gasteiger charge is 2.43. The first-order chi connectivity index (χ1) is 38.0. The van der Waals surface area contributed by atoms with Gasteiger partial charge in [0.1, 0.15) is 33.8 Å². The third kappa shape index (κ3) is 6.76. The molecule has 0 atom stereocenters. The van der Waals surface area contributed by atoms with Crippen LogP contribution in [0.15, 0.2) is 251 Å². The number of fused-ring (bicyclic) bond motifs is 12. The van der Waals surface area contributed by atoms with Crippen LogP contribution in [0.3, 0.4) is 0 Å². The predicted molar refractivity (Wildman–Crippen MR) is 321 cm³/mol. The van der Waals surface area contributed by atoms with E-state index in [-0.39, 0.29) is 6.71 Å². The summed E-state index contributed by atoms with van der Waals surface area (Å²) in [6.07, 6.45) is 0. The maximum Gasteiger partial charge on any atom is 0.256 e. The Morgan fingerprint density at radius 3 is 1.31 bits per heavy atom. The van der Waals surface area contributed by atoms with E-state index < -0.39 is 0 Å². The summed E-state index contributed by atoms with van der Waals surface area (Å²) in [5.41, 5.74) is 19.0. The summed E-state index contributed by atoms with van der Waals surface area (Å²) in [6.45, 7) is 4.25. The lowest BCUT2D eigenvalue weighted by Gasteiger charge is -2.40. The lowest BCUT2D eigenvalue weighted by Crippen LogP contribution is -2.59. The molecule has 0 radical (unpaired) electrons. The fraction of sp³-hybridized carbons (Fsp3) is 0.0286. The number of ether oxygens (including phenoxy) is 1. The molecule has 0 saturated heterocycles.